The van der Waals surface area contributed by atoms with Gasteiger partial charge in [-0.25, -0.2) is 4.79 Å². The number of para-hydroxylation sites is 1. The number of benzene rings is 1. The standard InChI is InChI=1S/C18H16N2O4/c1-23-12-5-2-4-10-13-11-6-9-19-7-3-8-20(16(11)19)17(21)14(13)18(22)24-15(10)12/h2,4-5H,3,6-9H2,1H3. The van der Waals surface area contributed by atoms with Crippen molar-refractivity contribution in [3.05, 3.63) is 44.5 Å². The highest BCUT2D eigenvalue weighted by molar-refractivity contribution is 6.09. The van der Waals surface area contributed by atoms with Gasteiger partial charge in [-0.2, -0.15) is 0 Å². The number of hydrogen-bond acceptors (Lipinski definition) is 5. The fourth-order valence-electron chi connectivity index (χ4n) is 4.17. The van der Waals surface area contributed by atoms with Gasteiger partial charge in [-0.1, -0.05) is 12.1 Å². The van der Waals surface area contributed by atoms with Crippen LogP contribution in [0.3, 0.4) is 0 Å². The second-order valence-corrected chi connectivity index (χ2v) is 6.33. The molecule has 0 aliphatic carbocycles. The fraction of sp³-hybridized carbons (Fsp3) is 0.333. The largest absolute Gasteiger partial charge is 0.493 e. The highest BCUT2D eigenvalue weighted by atomic mass is 16.5. The zero-order valence-electron chi connectivity index (χ0n) is 13.3. The average molecular weight is 324 g/mol. The van der Waals surface area contributed by atoms with Gasteiger partial charge in [0, 0.05) is 36.0 Å². The molecule has 0 fully saturated rings. The van der Waals surface area contributed by atoms with Crippen molar-refractivity contribution in [3.63, 3.8) is 0 Å². The maximum absolute atomic E-state index is 13.0. The summed E-state index contributed by atoms with van der Waals surface area (Å²) >= 11 is 0. The molecule has 0 atom stereocenters. The van der Waals surface area contributed by atoms with Gasteiger partial charge >= 0.3 is 5.63 Å². The zero-order valence-corrected chi connectivity index (χ0v) is 13.3. The van der Waals surface area contributed by atoms with E-state index in [1.807, 2.05) is 12.1 Å². The van der Waals surface area contributed by atoms with Gasteiger partial charge in [0.25, 0.3) is 5.56 Å². The van der Waals surface area contributed by atoms with E-state index in [1.165, 1.54) is 0 Å². The van der Waals surface area contributed by atoms with Gasteiger partial charge in [0.15, 0.2) is 11.3 Å². The minimum atomic E-state index is -0.581. The molecule has 0 radical (unpaired) electrons. The van der Waals surface area contributed by atoms with Crippen molar-refractivity contribution in [3.8, 4) is 5.75 Å². The molecule has 2 aromatic heterocycles. The molecule has 0 spiro atoms. The van der Waals surface area contributed by atoms with Gasteiger partial charge in [0.05, 0.1) is 7.11 Å². The van der Waals surface area contributed by atoms with E-state index in [0.717, 1.165) is 48.1 Å². The van der Waals surface area contributed by atoms with Gasteiger partial charge in [-0.05, 0) is 18.9 Å². The molecule has 6 nitrogen and oxygen atoms in total. The summed E-state index contributed by atoms with van der Waals surface area (Å²) in [5.41, 5.74) is 0.666. The molecule has 122 valence electrons. The lowest BCUT2D eigenvalue weighted by molar-refractivity contribution is 0.407. The maximum atomic E-state index is 13.0. The van der Waals surface area contributed by atoms with Crippen LogP contribution in [0.4, 0.5) is 5.82 Å². The Hall–Kier alpha value is -2.76. The summed E-state index contributed by atoms with van der Waals surface area (Å²) in [6.07, 6.45) is 1.76. The van der Waals surface area contributed by atoms with Crippen LogP contribution >= 0.6 is 0 Å². The van der Waals surface area contributed by atoms with Crippen LogP contribution in [0, 0.1) is 0 Å². The lowest BCUT2D eigenvalue weighted by Crippen LogP contribution is -2.36. The number of anilines is 1. The molecule has 1 aromatic carbocycles. The lowest BCUT2D eigenvalue weighted by Gasteiger charge is -2.28. The van der Waals surface area contributed by atoms with E-state index in [9.17, 15) is 9.59 Å². The molecule has 0 N–H and O–H groups in total. The van der Waals surface area contributed by atoms with Crippen molar-refractivity contribution >= 4 is 27.6 Å². The summed E-state index contributed by atoms with van der Waals surface area (Å²) in [7, 11) is 1.54. The van der Waals surface area contributed by atoms with E-state index in [2.05, 4.69) is 4.90 Å². The van der Waals surface area contributed by atoms with E-state index in [1.54, 1.807) is 17.7 Å². The summed E-state index contributed by atoms with van der Waals surface area (Å²) in [6, 6.07) is 5.51. The normalized spacial score (nSPS) is 16.0. The number of methoxy groups -OCH3 is 1. The molecule has 5 rings (SSSR count). The number of aromatic nitrogens is 1. The second-order valence-electron chi connectivity index (χ2n) is 6.33. The SMILES string of the molecule is COc1cccc2c1oc(=O)c1c(=O)n3c4c(c12)CCN4CCC3. The molecule has 0 saturated carbocycles. The first kappa shape index (κ1) is 13.7. The lowest BCUT2D eigenvalue weighted by atomic mass is 10.0. The predicted octanol–water partition coefficient (Wildman–Crippen LogP) is 1.88. The number of rotatable bonds is 1. The fourth-order valence-corrected chi connectivity index (χ4v) is 4.17. The van der Waals surface area contributed by atoms with Crippen molar-refractivity contribution in [2.75, 3.05) is 25.1 Å². The molecule has 2 aliphatic rings. The average Bonchev–Trinajstić information content (AvgIpc) is 3.03. The molecule has 0 amide bonds. The van der Waals surface area contributed by atoms with Gasteiger partial charge in [0.1, 0.15) is 11.2 Å². The topological polar surface area (TPSA) is 64.7 Å². The Morgan fingerprint density at radius 1 is 1.12 bits per heavy atom. The van der Waals surface area contributed by atoms with E-state index in [0.29, 0.717) is 17.9 Å². The smallest absolute Gasteiger partial charge is 0.349 e. The zero-order chi connectivity index (χ0) is 16.4. The molecular formula is C18H16N2O4. The predicted molar refractivity (Wildman–Crippen MR) is 91.3 cm³/mol. The number of pyridine rings is 1. The van der Waals surface area contributed by atoms with E-state index in [-0.39, 0.29) is 10.9 Å². The third-order valence-electron chi connectivity index (χ3n) is 5.14. The van der Waals surface area contributed by atoms with Crippen LogP contribution in [0.15, 0.2) is 32.2 Å². The Labute approximate surface area is 136 Å². The summed E-state index contributed by atoms with van der Waals surface area (Å²) in [6.45, 7) is 2.50. The van der Waals surface area contributed by atoms with Gasteiger partial charge < -0.3 is 14.1 Å². The second kappa shape index (κ2) is 4.63. The van der Waals surface area contributed by atoms with E-state index < -0.39 is 5.63 Å². The summed E-state index contributed by atoms with van der Waals surface area (Å²) in [5, 5.41) is 1.67. The Bertz CT molecular complexity index is 1130. The Balaban J connectivity index is 2.08. The third-order valence-corrected chi connectivity index (χ3v) is 5.14. The third kappa shape index (κ3) is 1.55. The molecule has 0 bridgehead atoms. The molecule has 4 heterocycles. The molecule has 2 aliphatic heterocycles. The summed E-state index contributed by atoms with van der Waals surface area (Å²) < 4.78 is 12.6. The first-order valence-corrected chi connectivity index (χ1v) is 8.15. The number of hydrogen-bond donors (Lipinski definition) is 0. The molecular weight excluding hydrogens is 308 g/mol. The van der Waals surface area contributed by atoms with Crippen LogP contribution in [0.5, 0.6) is 5.75 Å². The Morgan fingerprint density at radius 3 is 2.83 bits per heavy atom. The highest BCUT2D eigenvalue weighted by Crippen LogP contribution is 2.38. The van der Waals surface area contributed by atoms with Gasteiger partial charge in [-0.15, -0.1) is 0 Å². The summed E-state index contributed by atoms with van der Waals surface area (Å²) in [4.78, 5) is 27.8. The van der Waals surface area contributed by atoms with Gasteiger partial charge in [-0.3, -0.25) is 9.36 Å². The van der Waals surface area contributed by atoms with Crippen LogP contribution in [-0.2, 0) is 13.0 Å². The first-order chi connectivity index (χ1) is 11.7. The number of fused-ring (bicyclic) bond motifs is 4. The van der Waals surface area contributed by atoms with Crippen molar-refractivity contribution < 1.29 is 9.15 Å². The number of nitrogens with zero attached hydrogens (tertiary/aromatic N) is 2. The van der Waals surface area contributed by atoms with Crippen LogP contribution in [0.1, 0.15) is 12.0 Å². The molecule has 0 saturated heterocycles. The quantitative estimate of drug-likeness (QED) is 0.505. The number of ether oxygens (including phenoxy) is 1. The van der Waals surface area contributed by atoms with Crippen LogP contribution < -0.4 is 20.8 Å². The van der Waals surface area contributed by atoms with Crippen molar-refractivity contribution in [1.82, 2.24) is 4.57 Å². The van der Waals surface area contributed by atoms with Gasteiger partial charge in [0.2, 0.25) is 0 Å². The molecule has 6 heteroatoms. The highest BCUT2D eigenvalue weighted by Gasteiger charge is 2.31. The minimum Gasteiger partial charge on any atom is -0.493 e. The van der Waals surface area contributed by atoms with E-state index >= 15 is 0 Å². The van der Waals surface area contributed by atoms with Crippen molar-refractivity contribution in [2.24, 2.45) is 0 Å². The van der Waals surface area contributed by atoms with Crippen LogP contribution in [-0.4, -0.2) is 24.8 Å². The van der Waals surface area contributed by atoms with Crippen LogP contribution in [0.2, 0.25) is 0 Å². The molecule has 3 aromatic rings. The maximum Gasteiger partial charge on any atom is 0.349 e. The molecule has 0 unspecified atom stereocenters. The van der Waals surface area contributed by atoms with Crippen molar-refractivity contribution in [1.29, 1.82) is 0 Å². The Morgan fingerprint density at radius 2 is 2.00 bits per heavy atom. The monoisotopic (exact) mass is 324 g/mol. The summed E-state index contributed by atoms with van der Waals surface area (Å²) in [5.74, 6) is 1.49. The van der Waals surface area contributed by atoms with Crippen LogP contribution in [0.25, 0.3) is 21.7 Å². The van der Waals surface area contributed by atoms with Crippen molar-refractivity contribution in [2.45, 2.75) is 19.4 Å². The van der Waals surface area contributed by atoms with E-state index in [4.69, 9.17) is 9.15 Å². The minimum absolute atomic E-state index is 0.165. The molecule has 24 heavy (non-hydrogen) atoms. The Kier molecular flexibility index (Phi) is 2.63. The first-order valence-electron chi connectivity index (χ1n) is 8.15.